The molecule has 12 nitrogen and oxygen atoms in total. The van der Waals surface area contributed by atoms with E-state index in [9.17, 15) is 9.90 Å². The van der Waals surface area contributed by atoms with Gasteiger partial charge in [-0.15, -0.1) is 10.2 Å². The van der Waals surface area contributed by atoms with Crippen LogP contribution in [0.3, 0.4) is 0 Å². The second-order valence-corrected chi connectivity index (χ2v) is 16.2. The molecule has 302 valence electrons. The fourth-order valence-electron chi connectivity index (χ4n) is 9.50. The number of nitrogens with two attached hydrogens (primary N) is 1. The summed E-state index contributed by atoms with van der Waals surface area (Å²) in [5, 5.41) is 23.1. The first-order chi connectivity index (χ1) is 29.2. The molecule has 3 fully saturated rings. The fraction of sp³-hybridized carbons (Fsp3) is 0.413. The number of hydrogen-bond donors (Lipinski definition) is 3. The van der Waals surface area contributed by atoms with Crippen molar-refractivity contribution in [1.29, 1.82) is 0 Å². The SMILES string of the molecule is [2H]C1C=CN(c2cccc3c2ccn3C2CCN(CC3CCN(C(=O)c4ccc([C@H]5C[C@@H](OC)CN(c6cc(-c7ccccc7O)nnc6N)C5)cc4)CC3)CC2)C([2H])N1. The van der Waals surface area contributed by atoms with E-state index in [4.69, 9.17) is 13.2 Å². The molecule has 3 saturated heterocycles. The predicted molar refractivity (Wildman–Crippen MR) is 230 cm³/mol. The average Bonchev–Trinajstić information content (AvgIpc) is 3.72. The zero-order valence-corrected chi connectivity index (χ0v) is 33.2. The maximum Gasteiger partial charge on any atom is 0.253 e. The number of ether oxygens (including phenoxy) is 1. The molecule has 1 amide bonds. The molecule has 4 atom stereocenters. The van der Waals surface area contributed by atoms with Gasteiger partial charge in [-0.25, -0.2) is 0 Å². The van der Waals surface area contributed by atoms with E-state index in [0.29, 0.717) is 42.1 Å². The first-order valence-electron chi connectivity index (χ1n) is 21.9. The summed E-state index contributed by atoms with van der Waals surface area (Å²) < 4.78 is 24.7. The van der Waals surface area contributed by atoms with Crippen LogP contribution in [0.2, 0.25) is 0 Å². The number of phenolic OH excluding ortho intramolecular Hbond substituents is 1. The molecule has 4 aliphatic heterocycles. The molecule has 4 aliphatic rings. The monoisotopic (exact) mass is 783 g/mol. The van der Waals surface area contributed by atoms with Gasteiger partial charge in [-0.2, -0.15) is 0 Å². The lowest BCUT2D eigenvalue weighted by atomic mass is 9.88. The third-order valence-corrected chi connectivity index (χ3v) is 12.7. The number of anilines is 3. The summed E-state index contributed by atoms with van der Waals surface area (Å²) >= 11 is 0. The number of phenols is 1. The minimum Gasteiger partial charge on any atom is -0.507 e. The van der Waals surface area contributed by atoms with Gasteiger partial charge >= 0.3 is 0 Å². The number of piperidine rings is 3. The van der Waals surface area contributed by atoms with Crippen LogP contribution in [0, 0.1) is 5.92 Å². The van der Waals surface area contributed by atoms with Gasteiger partial charge < -0.3 is 39.7 Å². The van der Waals surface area contributed by atoms with Gasteiger partial charge in [0.1, 0.15) is 5.75 Å². The number of para-hydroxylation sites is 1. The number of rotatable bonds is 9. The number of nitrogens with one attached hydrogen (secondary N) is 1. The van der Waals surface area contributed by atoms with E-state index in [2.05, 4.69) is 72.5 Å². The van der Waals surface area contributed by atoms with Gasteiger partial charge in [-0.3, -0.25) is 10.1 Å². The highest BCUT2D eigenvalue weighted by Gasteiger charge is 2.32. The minimum atomic E-state index is -0.691. The Bertz CT molecular complexity index is 2320. The first-order valence-corrected chi connectivity index (χ1v) is 20.7. The van der Waals surface area contributed by atoms with E-state index >= 15 is 0 Å². The van der Waals surface area contributed by atoms with Crippen LogP contribution in [0.4, 0.5) is 17.2 Å². The lowest BCUT2D eigenvalue weighted by Crippen LogP contribution is -2.44. The van der Waals surface area contributed by atoms with Crippen molar-refractivity contribution in [1.82, 2.24) is 29.9 Å². The van der Waals surface area contributed by atoms with E-state index in [-0.39, 0.29) is 23.7 Å². The van der Waals surface area contributed by atoms with E-state index in [1.165, 1.54) is 5.52 Å². The summed E-state index contributed by atoms with van der Waals surface area (Å²) in [6.45, 7) is 4.86. The fourth-order valence-corrected chi connectivity index (χ4v) is 9.50. The molecule has 6 heterocycles. The number of methoxy groups -OCH3 is 1. The molecule has 9 rings (SSSR count). The number of amides is 1. The van der Waals surface area contributed by atoms with Crippen molar-refractivity contribution < 1.29 is 17.4 Å². The van der Waals surface area contributed by atoms with Crippen LogP contribution in [0.1, 0.15) is 62.7 Å². The van der Waals surface area contributed by atoms with Gasteiger partial charge in [0.15, 0.2) is 5.82 Å². The Balaban J connectivity index is 0.773. The Morgan fingerprint density at radius 3 is 2.53 bits per heavy atom. The van der Waals surface area contributed by atoms with Crippen LogP contribution in [-0.2, 0) is 4.74 Å². The molecule has 0 radical (unpaired) electrons. The van der Waals surface area contributed by atoms with Gasteiger partial charge in [0.05, 0.1) is 36.7 Å². The van der Waals surface area contributed by atoms with Gasteiger partial charge in [0.25, 0.3) is 5.91 Å². The maximum absolute atomic E-state index is 13.7. The normalized spacial score (nSPS) is 24.3. The lowest BCUT2D eigenvalue weighted by molar-refractivity contribution is 0.0653. The van der Waals surface area contributed by atoms with Crippen LogP contribution in [0.15, 0.2) is 97.3 Å². The third-order valence-electron chi connectivity index (χ3n) is 12.7. The number of nitrogen functional groups attached to an aromatic ring is 1. The standard InChI is InChI=1S/C46H55N9O3/c1-58-37-26-35(29-54(30-37)43-27-40(49-50-45(43)47)38-6-2-3-9-44(38)56)33-10-12-34(13-11-33)46(57)52-23-14-32(15-24-52)28-51-21-16-36(17-22-51)55-25-18-39-41(7-4-8-42(39)55)53-20-5-19-48-31-53/h2-13,18,20,25,27,32,35-37,48,56H,14-17,19,21-24,26,28-31H2,1H3,(H2,47,50)/t35-,37+/m0/s1/i19D,31D/t19?,31?,35-,37+. The number of aromatic hydroxyl groups is 1. The molecular weight excluding hydrogens is 727 g/mol. The van der Waals surface area contributed by atoms with Crippen molar-refractivity contribution in [2.45, 2.75) is 50.2 Å². The summed E-state index contributed by atoms with van der Waals surface area (Å²) in [6, 6.07) is 26.0. The molecule has 5 aromatic rings. The van der Waals surface area contributed by atoms with Gasteiger partial charge in [-0.05, 0) is 92.1 Å². The molecule has 0 aliphatic carbocycles. The maximum atomic E-state index is 13.7. The summed E-state index contributed by atoms with van der Waals surface area (Å²) in [6.07, 6.45) is 10.9. The number of benzene rings is 3. The highest BCUT2D eigenvalue weighted by Crippen LogP contribution is 2.37. The molecule has 2 aromatic heterocycles. The van der Waals surface area contributed by atoms with Crippen molar-refractivity contribution in [3.05, 3.63) is 108 Å². The van der Waals surface area contributed by atoms with Crippen LogP contribution < -0.4 is 20.9 Å². The molecule has 0 bridgehead atoms. The number of fused-ring (bicyclic) bond motifs is 1. The van der Waals surface area contributed by atoms with Crippen molar-refractivity contribution >= 4 is 34.0 Å². The molecule has 58 heavy (non-hydrogen) atoms. The van der Waals surface area contributed by atoms with Crippen LogP contribution in [-0.4, -0.2) is 108 Å². The number of carbonyl (C=O) groups excluding carboxylic acids is 1. The number of nitrogens with zero attached hydrogens (tertiary/aromatic N) is 7. The molecule has 12 heteroatoms. The Labute approximate surface area is 343 Å². The topological polar surface area (TPSA) is 128 Å². The van der Waals surface area contributed by atoms with E-state index < -0.39 is 13.2 Å². The van der Waals surface area contributed by atoms with Gasteiger partial charge in [0.2, 0.25) is 0 Å². The molecule has 0 spiro atoms. The van der Waals surface area contributed by atoms with Crippen molar-refractivity contribution in [2.24, 2.45) is 5.92 Å². The zero-order valence-electron chi connectivity index (χ0n) is 35.2. The second-order valence-electron chi connectivity index (χ2n) is 16.2. The smallest absolute Gasteiger partial charge is 0.253 e. The minimum absolute atomic E-state index is 0.0228. The van der Waals surface area contributed by atoms with Crippen molar-refractivity contribution in [3.8, 4) is 17.0 Å². The number of hydrogen-bond acceptors (Lipinski definition) is 10. The third kappa shape index (κ3) is 7.88. The quantitative estimate of drug-likeness (QED) is 0.153. The van der Waals surface area contributed by atoms with Gasteiger partial charge in [-0.1, -0.05) is 36.4 Å². The first kappa shape index (κ1) is 35.7. The largest absolute Gasteiger partial charge is 0.507 e. The van der Waals surface area contributed by atoms with Crippen LogP contribution in [0.25, 0.3) is 22.2 Å². The van der Waals surface area contributed by atoms with Crippen LogP contribution in [0.5, 0.6) is 5.75 Å². The highest BCUT2D eigenvalue weighted by molar-refractivity contribution is 5.94. The van der Waals surface area contributed by atoms with Gasteiger partial charge in [0, 0.05) is 102 Å². The Hall–Kier alpha value is -5.43. The summed E-state index contributed by atoms with van der Waals surface area (Å²) in [7, 11) is 1.74. The Kier molecular flexibility index (Phi) is 10.4. The Morgan fingerprint density at radius 2 is 1.76 bits per heavy atom. The summed E-state index contributed by atoms with van der Waals surface area (Å²) in [5.74, 6) is 1.30. The summed E-state index contributed by atoms with van der Waals surface area (Å²) in [4.78, 5) is 22.5. The number of aromatic nitrogens is 3. The molecular formula is C46H55N9O3. The lowest BCUT2D eigenvalue weighted by Gasteiger charge is -2.39. The second kappa shape index (κ2) is 16.8. The molecule has 4 N–H and O–H groups in total. The number of carbonyl (C=O) groups is 1. The van der Waals surface area contributed by atoms with E-state index in [1.54, 1.807) is 25.3 Å². The van der Waals surface area contributed by atoms with Crippen molar-refractivity contribution in [3.63, 3.8) is 0 Å². The molecule has 0 saturated carbocycles. The predicted octanol–water partition coefficient (Wildman–Crippen LogP) is 6.47. The summed E-state index contributed by atoms with van der Waals surface area (Å²) in [5.41, 5.74) is 12.3. The van der Waals surface area contributed by atoms with E-state index in [1.807, 2.05) is 46.3 Å². The van der Waals surface area contributed by atoms with E-state index in [0.717, 1.165) is 92.7 Å². The highest BCUT2D eigenvalue weighted by atomic mass is 16.5. The zero-order chi connectivity index (χ0) is 41.3. The average molecular weight is 784 g/mol. The van der Waals surface area contributed by atoms with Crippen molar-refractivity contribution in [2.75, 3.05) is 81.6 Å². The molecule has 3 aromatic carbocycles. The number of likely N-dealkylation sites (tertiary alicyclic amines) is 2. The Morgan fingerprint density at radius 1 is 0.948 bits per heavy atom. The van der Waals surface area contributed by atoms with Crippen LogP contribution >= 0.6 is 0 Å². The molecule has 2 unspecified atom stereocenters.